The number of rotatable bonds is 16. The average molecular weight is 588 g/mol. The van der Waals surface area contributed by atoms with Crippen LogP contribution in [0.3, 0.4) is 0 Å². The average Bonchev–Trinajstić information content (AvgIpc) is 3.90. The van der Waals surface area contributed by atoms with Gasteiger partial charge in [0.1, 0.15) is 5.82 Å². The van der Waals surface area contributed by atoms with Crippen molar-refractivity contribution in [3.63, 3.8) is 0 Å². The Morgan fingerprint density at radius 1 is 1.07 bits per heavy atom. The molecule has 2 aliphatic rings. The molecule has 43 heavy (non-hydrogen) atoms. The van der Waals surface area contributed by atoms with Gasteiger partial charge in [-0.25, -0.2) is 8.78 Å². The quantitative estimate of drug-likeness (QED) is 0.104. The number of fused-ring (bicyclic) bond motifs is 1. The van der Waals surface area contributed by atoms with Gasteiger partial charge in [-0.3, -0.25) is 9.98 Å². The Morgan fingerprint density at radius 3 is 2.53 bits per heavy atom. The largest absolute Gasteiger partial charge is 0.382 e. The summed E-state index contributed by atoms with van der Waals surface area (Å²) in [5.74, 6) is -0.559. The molecule has 230 valence electrons. The van der Waals surface area contributed by atoms with Gasteiger partial charge in [0, 0.05) is 43.5 Å². The van der Waals surface area contributed by atoms with Crippen LogP contribution in [0.25, 0.3) is 21.9 Å². The first kappa shape index (κ1) is 31.3. The molecular weight excluding hydrogens is 540 g/mol. The standard InChI is InChI=1S/C36H47F2N5/c1-6-28-31(37)12-10-26-19-25(2)20-30(32(26)28)29-11-9-27(21-40-17-8-14-36(22-39-3)23-42-36)34(33(29)38)41-18-7-13-35(15-16-35)24-43(4)5/h9-12,19-21,41-42H,3,6-8,13-18,22-24H2,1-2,4-5H3. The van der Waals surface area contributed by atoms with Crippen LogP contribution in [-0.2, 0) is 6.42 Å². The van der Waals surface area contributed by atoms with Crippen molar-refractivity contribution in [2.45, 2.75) is 64.3 Å². The third kappa shape index (κ3) is 7.32. The number of halogens is 2. The first-order valence-electron chi connectivity index (χ1n) is 15.8. The van der Waals surface area contributed by atoms with Crippen molar-refractivity contribution in [1.82, 2.24) is 10.2 Å². The van der Waals surface area contributed by atoms with Gasteiger partial charge in [-0.1, -0.05) is 37.3 Å². The molecule has 1 atom stereocenters. The highest BCUT2D eigenvalue weighted by Crippen LogP contribution is 2.50. The van der Waals surface area contributed by atoms with Crippen LogP contribution in [0.1, 0.15) is 62.1 Å². The van der Waals surface area contributed by atoms with Crippen LogP contribution in [0, 0.1) is 24.0 Å². The Kier molecular flexibility index (Phi) is 9.62. The van der Waals surface area contributed by atoms with Crippen LogP contribution in [0.4, 0.5) is 14.5 Å². The SMILES string of the molecule is C=NCC1(CCCN=Cc2ccc(-c3cc(C)cc4ccc(F)c(CC)c34)c(F)c2NCCCC2(CN(C)C)CC2)CN1. The topological polar surface area (TPSA) is 61.9 Å². The molecule has 0 amide bonds. The van der Waals surface area contributed by atoms with Crippen LogP contribution in [0.15, 0.2) is 46.4 Å². The van der Waals surface area contributed by atoms with E-state index in [9.17, 15) is 4.39 Å². The molecule has 1 aliphatic heterocycles. The summed E-state index contributed by atoms with van der Waals surface area (Å²) in [5, 5.41) is 8.58. The summed E-state index contributed by atoms with van der Waals surface area (Å²) >= 11 is 0. The van der Waals surface area contributed by atoms with Gasteiger partial charge < -0.3 is 15.5 Å². The van der Waals surface area contributed by atoms with Crippen molar-refractivity contribution in [2.24, 2.45) is 15.4 Å². The molecule has 1 unspecified atom stereocenters. The second-order valence-electron chi connectivity index (χ2n) is 13.1. The Labute approximate surface area is 255 Å². The molecule has 3 aromatic rings. The highest BCUT2D eigenvalue weighted by atomic mass is 19.1. The Balaban J connectivity index is 1.42. The lowest BCUT2D eigenvalue weighted by atomic mass is 9.90. The maximum absolute atomic E-state index is 16.6. The summed E-state index contributed by atoms with van der Waals surface area (Å²) in [6, 6.07) is 11.1. The molecule has 1 saturated heterocycles. The maximum Gasteiger partial charge on any atom is 0.154 e. The van der Waals surface area contributed by atoms with Crippen LogP contribution in [0.5, 0.6) is 0 Å². The van der Waals surface area contributed by atoms with E-state index in [4.69, 9.17) is 0 Å². The molecule has 0 radical (unpaired) electrons. The van der Waals surface area contributed by atoms with Gasteiger partial charge in [0.05, 0.1) is 17.8 Å². The summed E-state index contributed by atoms with van der Waals surface area (Å²) in [6.07, 6.45) is 8.88. The van der Waals surface area contributed by atoms with Crippen molar-refractivity contribution in [1.29, 1.82) is 0 Å². The van der Waals surface area contributed by atoms with E-state index in [-0.39, 0.29) is 17.2 Å². The van der Waals surface area contributed by atoms with Crippen LogP contribution < -0.4 is 10.6 Å². The highest BCUT2D eigenvalue weighted by molar-refractivity contribution is 6.01. The zero-order valence-corrected chi connectivity index (χ0v) is 26.3. The van der Waals surface area contributed by atoms with Gasteiger partial charge in [0.25, 0.3) is 0 Å². The minimum atomic E-state index is -0.310. The molecule has 5 nitrogen and oxygen atoms in total. The third-order valence-electron chi connectivity index (χ3n) is 9.19. The van der Waals surface area contributed by atoms with Gasteiger partial charge in [0.15, 0.2) is 5.82 Å². The van der Waals surface area contributed by atoms with Crippen molar-refractivity contribution >= 4 is 29.4 Å². The Hall–Kier alpha value is -3.16. The van der Waals surface area contributed by atoms with Gasteiger partial charge in [0.2, 0.25) is 0 Å². The van der Waals surface area contributed by atoms with Crippen LogP contribution >= 0.6 is 0 Å². The lowest BCUT2D eigenvalue weighted by Gasteiger charge is -2.21. The predicted octanol–water partition coefficient (Wildman–Crippen LogP) is 7.43. The third-order valence-corrected chi connectivity index (χ3v) is 9.19. The molecule has 7 heteroatoms. The van der Waals surface area contributed by atoms with Crippen LogP contribution in [0.2, 0.25) is 0 Å². The lowest BCUT2D eigenvalue weighted by molar-refractivity contribution is 0.292. The number of aliphatic imine (C=N–C) groups is 2. The van der Waals surface area contributed by atoms with E-state index < -0.39 is 0 Å². The van der Waals surface area contributed by atoms with E-state index in [1.807, 2.05) is 38.1 Å². The summed E-state index contributed by atoms with van der Waals surface area (Å²) in [5.41, 5.74) is 4.57. The van der Waals surface area contributed by atoms with Gasteiger partial charge in [-0.05, 0) is 112 Å². The fourth-order valence-corrected chi connectivity index (χ4v) is 6.70. The van der Waals surface area contributed by atoms with E-state index >= 15 is 4.39 Å². The molecule has 1 heterocycles. The summed E-state index contributed by atoms with van der Waals surface area (Å²) in [6.45, 7) is 11.7. The number of nitrogens with one attached hydrogen (secondary N) is 2. The first-order valence-corrected chi connectivity index (χ1v) is 15.8. The van der Waals surface area contributed by atoms with Gasteiger partial charge >= 0.3 is 0 Å². The molecule has 0 bridgehead atoms. The van der Waals surface area contributed by atoms with Crippen molar-refractivity contribution in [3.8, 4) is 11.1 Å². The number of hydrogen-bond donors (Lipinski definition) is 2. The fourth-order valence-electron chi connectivity index (χ4n) is 6.70. The van der Waals surface area contributed by atoms with E-state index in [2.05, 4.69) is 46.3 Å². The number of nitrogens with zero attached hydrogens (tertiary/aromatic N) is 3. The fraction of sp³-hybridized carbons (Fsp3) is 0.500. The maximum atomic E-state index is 16.6. The van der Waals surface area contributed by atoms with E-state index in [0.717, 1.165) is 72.8 Å². The normalized spacial score (nSPS) is 19.0. The van der Waals surface area contributed by atoms with Crippen molar-refractivity contribution in [2.75, 3.05) is 52.1 Å². The van der Waals surface area contributed by atoms with Gasteiger partial charge in [-0.15, -0.1) is 0 Å². The zero-order valence-electron chi connectivity index (χ0n) is 26.3. The minimum Gasteiger partial charge on any atom is -0.382 e. The number of benzene rings is 3. The molecule has 1 saturated carbocycles. The number of hydrogen-bond acceptors (Lipinski definition) is 5. The molecular formula is C36H47F2N5. The number of anilines is 1. The number of aryl methyl sites for hydroxylation is 2. The monoisotopic (exact) mass is 587 g/mol. The van der Waals surface area contributed by atoms with Crippen molar-refractivity contribution < 1.29 is 8.78 Å². The Bertz CT molecular complexity index is 1490. The molecule has 0 spiro atoms. The van der Waals surface area contributed by atoms with E-state index in [1.165, 1.54) is 18.9 Å². The molecule has 5 rings (SSSR count). The lowest BCUT2D eigenvalue weighted by Crippen LogP contribution is -2.23. The molecule has 2 N–H and O–H groups in total. The van der Waals surface area contributed by atoms with Crippen LogP contribution in [-0.4, -0.2) is 70.2 Å². The highest BCUT2D eigenvalue weighted by Gasteiger charge is 2.42. The van der Waals surface area contributed by atoms with E-state index in [0.29, 0.717) is 41.7 Å². The van der Waals surface area contributed by atoms with E-state index in [1.54, 1.807) is 12.3 Å². The minimum absolute atomic E-state index is 0.0939. The van der Waals surface area contributed by atoms with Gasteiger partial charge in [-0.2, -0.15) is 0 Å². The summed E-state index contributed by atoms with van der Waals surface area (Å²) < 4.78 is 31.6. The summed E-state index contributed by atoms with van der Waals surface area (Å²) in [4.78, 5) is 11.0. The molecule has 3 aromatic carbocycles. The first-order chi connectivity index (χ1) is 20.7. The zero-order chi connectivity index (χ0) is 30.6. The smallest absolute Gasteiger partial charge is 0.154 e. The molecule has 0 aromatic heterocycles. The Morgan fingerprint density at radius 2 is 1.86 bits per heavy atom. The molecule has 2 fully saturated rings. The second kappa shape index (κ2) is 13.2. The predicted molar refractivity (Wildman–Crippen MR) is 178 cm³/mol. The second-order valence-corrected chi connectivity index (χ2v) is 13.1. The molecule has 1 aliphatic carbocycles. The van der Waals surface area contributed by atoms with Crippen molar-refractivity contribution in [3.05, 3.63) is 64.7 Å². The summed E-state index contributed by atoms with van der Waals surface area (Å²) in [7, 11) is 4.26.